The third-order valence-electron chi connectivity index (χ3n) is 7.59. The lowest BCUT2D eigenvalue weighted by atomic mass is 9.62. The first-order chi connectivity index (χ1) is 15.7. The summed E-state index contributed by atoms with van der Waals surface area (Å²) in [6, 6.07) is 21.4. The SMILES string of the molecule is CN1C(=O)C2(Oc3ccc(C(C)(C)C)cc3C23C(=O)N(C)c2ccccc23)c2ccccc21. The molecule has 3 heterocycles. The largest absolute Gasteiger partial charge is 0.470 e. The Bertz CT molecular complexity index is 1370. The first-order valence-electron chi connectivity index (χ1n) is 11.2. The molecule has 3 aromatic rings. The molecule has 2 atom stereocenters. The Kier molecular flexibility index (Phi) is 3.67. The summed E-state index contributed by atoms with van der Waals surface area (Å²) < 4.78 is 6.71. The fourth-order valence-corrected chi connectivity index (χ4v) is 5.96. The molecule has 0 N–H and O–H groups in total. The molecule has 0 fully saturated rings. The summed E-state index contributed by atoms with van der Waals surface area (Å²) >= 11 is 0. The smallest absolute Gasteiger partial charge is 0.277 e. The minimum atomic E-state index is -1.50. The number of para-hydroxylation sites is 2. The van der Waals surface area contributed by atoms with Gasteiger partial charge >= 0.3 is 0 Å². The lowest BCUT2D eigenvalue weighted by Gasteiger charge is -2.37. The summed E-state index contributed by atoms with van der Waals surface area (Å²) in [4.78, 5) is 31.9. The summed E-state index contributed by atoms with van der Waals surface area (Å²) in [6.45, 7) is 6.44. The predicted molar refractivity (Wildman–Crippen MR) is 128 cm³/mol. The van der Waals surface area contributed by atoms with Gasteiger partial charge in [-0.2, -0.15) is 0 Å². The number of ether oxygens (including phenoxy) is 1. The van der Waals surface area contributed by atoms with Crippen LogP contribution in [0.4, 0.5) is 11.4 Å². The summed E-state index contributed by atoms with van der Waals surface area (Å²) in [5, 5.41) is 0. The van der Waals surface area contributed by atoms with Gasteiger partial charge in [-0.3, -0.25) is 9.59 Å². The third-order valence-corrected chi connectivity index (χ3v) is 7.59. The van der Waals surface area contributed by atoms with Crippen LogP contribution in [0.5, 0.6) is 5.75 Å². The fourth-order valence-electron chi connectivity index (χ4n) is 5.96. The summed E-state index contributed by atoms with van der Waals surface area (Å²) in [5.74, 6) is 0.211. The zero-order valence-corrected chi connectivity index (χ0v) is 19.5. The van der Waals surface area contributed by atoms with Crippen molar-refractivity contribution >= 4 is 23.2 Å². The Labute approximate surface area is 193 Å². The maximum Gasteiger partial charge on any atom is 0.277 e. The van der Waals surface area contributed by atoms with Crippen LogP contribution in [0.25, 0.3) is 0 Å². The van der Waals surface area contributed by atoms with Crippen molar-refractivity contribution in [2.45, 2.75) is 37.2 Å². The van der Waals surface area contributed by atoms with Crippen LogP contribution < -0.4 is 14.5 Å². The van der Waals surface area contributed by atoms with Crippen molar-refractivity contribution in [3.63, 3.8) is 0 Å². The molecule has 5 heteroatoms. The molecule has 5 nitrogen and oxygen atoms in total. The van der Waals surface area contributed by atoms with Gasteiger partial charge in [0.1, 0.15) is 5.75 Å². The van der Waals surface area contributed by atoms with E-state index < -0.39 is 11.0 Å². The van der Waals surface area contributed by atoms with Gasteiger partial charge in [0, 0.05) is 36.5 Å². The highest BCUT2D eigenvalue weighted by atomic mass is 16.5. The molecule has 3 aliphatic heterocycles. The first-order valence-corrected chi connectivity index (χ1v) is 11.2. The number of likely N-dealkylation sites (N-methyl/N-ethyl adjacent to an activating group) is 2. The number of amides is 2. The van der Waals surface area contributed by atoms with Crippen LogP contribution in [0.2, 0.25) is 0 Å². The lowest BCUT2D eigenvalue weighted by molar-refractivity contribution is -0.142. The van der Waals surface area contributed by atoms with E-state index in [4.69, 9.17) is 4.74 Å². The molecule has 33 heavy (non-hydrogen) atoms. The van der Waals surface area contributed by atoms with Crippen molar-refractivity contribution in [3.05, 3.63) is 89.0 Å². The minimum Gasteiger partial charge on any atom is -0.470 e. The molecule has 0 aliphatic carbocycles. The monoisotopic (exact) mass is 438 g/mol. The fraction of sp³-hybridized carbons (Fsp3) is 0.286. The molecular formula is C28H26N2O3. The Hall–Kier alpha value is -3.60. The Balaban J connectivity index is 1.79. The molecular weight excluding hydrogens is 412 g/mol. The summed E-state index contributed by atoms with van der Waals surface area (Å²) in [6.07, 6.45) is 0. The van der Waals surface area contributed by atoms with Gasteiger partial charge in [0.2, 0.25) is 11.5 Å². The number of fused-ring (bicyclic) bond motifs is 7. The molecule has 166 valence electrons. The lowest BCUT2D eigenvalue weighted by Crippen LogP contribution is -2.59. The third kappa shape index (κ3) is 2.09. The van der Waals surface area contributed by atoms with Crippen molar-refractivity contribution in [1.29, 1.82) is 0 Å². The second-order valence-electron chi connectivity index (χ2n) is 10.3. The van der Waals surface area contributed by atoms with E-state index in [0.717, 1.165) is 33.6 Å². The maximum absolute atomic E-state index is 14.4. The van der Waals surface area contributed by atoms with E-state index in [1.165, 1.54) is 0 Å². The van der Waals surface area contributed by atoms with Crippen LogP contribution >= 0.6 is 0 Å². The van der Waals surface area contributed by atoms with Crippen LogP contribution in [-0.4, -0.2) is 25.9 Å². The second-order valence-corrected chi connectivity index (χ2v) is 10.3. The van der Waals surface area contributed by atoms with Crippen LogP contribution in [0.15, 0.2) is 66.7 Å². The van der Waals surface area contributed by atoms with E-state index in [0.29, 0.717) is 5.75 Å². The van der Waals surface area contributed by atoms with Gasteiger partial charge in [-0.15, -0.1) is 0 Å². The van der Waals surface area contributed by atoms with E-state index >= 15 is 0 Å². The van der Waals surface area contributed by atoms with Crippen molar-refractivity contribution < 1.29 is 14.3 Å². The van der Waals surface area contributed by atoms with Crippen molar-refractivity contribution in [2.24, 2.45) is 0 Å². The van der Waals surface area contributed by atoms with E-state index in [9.17, 15) is 9.59 Å². The number of hydrogen-bond acceptors (Lipinski definition) is 3. The highest BCUT2D eigenvalue weighted by Crippen LogP contribution is 2.66. The number of anilines is 2. The standard InChI is InChI=1S/C28H26N2O3/c1-26(2,3)17-14-15-23-20(16-17)27(18-10-6-8-12-21(18)29(4)24(27)31)28(33-23)19-11-7-9-13-22(19)30(5)25(28)32/h6-16H,1-5H3. The second kappa shape index (κ2) is 6.04. The molecule has 0 aromatic heterocycles. The van der Waals surface area contributed by atoms with Crippen molar-refractivity contribution in [1.82, 2.24) is 0 Å². The number of carbonyl (C=O) groups is 2. The molecule has 3 aromatic carbocycles. The van der Waals surface area contributed by atoms with Crippen LogP contribution in [0, 0.1) is 0 Å². The molecule has 2 unspecified atom stereocenters. The van der Waals surface area contributed by atoms with E-state index in [1.807, 2.05) is 60.7 Å². The van der Waals surface area contributed by atoms with Crippen LogP contribution in [-0.2, 0) is 26.0 Å². The Morgan fingerprint density at radius 1 is 0.727 bits per heavy atom. The Morgan fingerprint density at radius 3 is 1.97 bits per heavy atom. The number of benzene rings is 3. The average Bonchev–Trinajstić information content (AvgIpc) is 3.32. The van der Waals surface area contributed by atoms with Gasteiger partial charge in [0.05, 0.1) is 5.69 Å². The van der Waals surface area contributed by atoms with E-state index in [-0.39, 0.29) is 17.2 Å². The zero-order valence-electron chi connectivity index (χ0n) is 19.5. The number of rotatable bonds is 0. The predicted octanol–water partition coefficient (Wildman–Crippen LogP) is 4.51. The van der Waals surface area contributed by atoms with Crippen molar-refractivity contribution in [2.75, 3.05) is 23.9 Å². The zero-order chi connectivity index (χ0) is 23.3. The summed E-state index contributed by atoms with van der Waals surface area (Å²) in [7, 11) is 3.54. The number of carbonyl (C=O) groups excluding carboxylic acids is 2. The van der Waals surface area contributed by atoms with Crippen LogP contribution in [0.3, 0.4) is 0 Å². The minimum absolute atomic E-state index is 0.132. The van der Waals surface area contributed by atoms with Gasteiger partial charge in [-0.1, -0.05) is 63.2 Å². The highest BCUT2D eigenvalue weighted by Gasteiger charge is 2.76. The quantitative estimate of drug-likeness (QED) is 0.519. The number of nitrogens with zero attached hydrogens (tertiary/aromatic N) is 2. The van der Waals surface area contributed by atoms with Crippen molar-refractivity contribution in [3.8, 4) is 5.75 Å². The maximum atomic E-state index is 14.4. The molecule has 0 saturated carbocycles. The van der Waals surface area contributed by atoms with Crippen LogP contribution in [0.1, 0.15) is 43.0 Å². The molecule has 0 saturated heterocycles. The topological polar surface area (TPSA) is 49.9 Å². The normalized spacial score (nSPS) is 25.0. The molecule has 2 spiro atoms. The average molecular weight is 439 g/mol. The molecule has 0 bridgehead atoms. The number of hydrogen-bond donors (Lipinski definition) is 0. The summed E-state index contributed by atoms with van der Waals surface area (Å²) in [5.41, 5.74) is 2.01. The first kappa shape index (κ1) is 20.0. The highest BCUT2D eigenvalue weighted by molar-refractivity contribution is 6.20. The molecule has 6 rings (SSSR count). The molecule has 2 amide bonds. The molecule has 3 aliphatic rings. The van der Waals surface area contributed by atoms with Gasteiger partial charge in [0.25, 0.3) is 5.91 Å². The van der Waals surface area contributed by atoms with Gasteiger partial charge in [-0.25, -0.2) is 0 Å². The molecule has 0 radical (unpaired) electrons. The van der Waals surface area contributed by atoms with E-state index in [1.54, 1.807) is 23.9 Å². The Morgan fingerprint density at radius 2 is 1.30 bits per heavy atom. The van der Waals surface area contributed by atoms with Gasteiger partial charge < -0.3 is 14.5 Å². The van der Waals surface area contributed by atoms with Gasteiger partial charge in [-0.05, 0) is 35.2 Å². The van der Waals surface area contributed by atoms with E-state index in [2.05, 4.69) is 26.8 Å². The van der Waals surface area contributed by atoms with Gasteiger partial charge in [0.15, 0.2) is 5.41 Å².